The molecule has 1 aromatic heterocycles. The summed E-state index contributed by atoms with van der Waals surface area (Å²) < 4.78 is 1.53. The van der Waals surface area contributed by atoms with Gasteiger partial charge in [-0.3, -0.25) is 19.7 Å². The molecule has 1 saturated heterocycles. The summed E-state index contributed by atoms with van der Waals surface area (Å²) in [4.78, 5) is 49.8. The minimum atomic E-state index is -1.02. The molecule has 8 nitrogen and oxygen atoms in total. The molecule has 8 heteroatoms. The van der Waals surface area contributed by atoms with Gasteiger partial charge in [0.2, 0.25) is 0 Å². The fourth-order valence-electron chi connectivity index (χ4n) is 3.41. The summed E-state index contributed by atoms with van der Waals surface area (Å²) >= 11 is 0. The molecule has 1 fully saturated rings. The van der Waals surface area contributed by atoms with Crippen LogP contribution < -0.4 is 10.2 Å². The number of carboxylic acid groups (broad SMARTS) is 1. The lowest BCUT2D eigenvalue weighted by atomic mass is 10.1. The van der Waals surface area contributed by atoms with Crippen molar-refractivity contribution in [3.8, 4) is 0 Å². The van der Waals surface area contributed by atoms with Crippen molar-refractivity contribution in [3.05, 3.63) is 71.4 Å². The van der Waals surface area contributed by atoms with E-state index in [4.69, 9.17) is 5.11 Å². The van der Waals surface area contributed by atoms with Crippen molar-refractivity contribution in [2.45, 2.75) is 13.5 Å². The molecule has 0 saturated carbocycles. The Bertz CT molecular complexity index is 1240. The number of imide groups is 2. The van der Waals surface area contributed by atoms with E-state index >= 15 is 0 Å². The molecule has 4 amide bonds. The van der Waals surface area contributed by atoms with Crippen LogP contribution in [0.1, 0.15) is 11.1 Å². The number of rotatable bonds is 4. The van der Waals surface area contributed by atoms with Crippen molar-refractivity contribution in [1.29, 1.82) is 0 Å². The van der Waals surface area contributed by atoms with Gasteiger partial charge in [0.1, 0.15) is 12.1 Å². The van der Waals surface area contributed by atoms with Crippen LogP contribution in [0.25, 0.3) is 17.0 Å². The molecule has 0 bridgehead atoms. The molecule has 0 spiro atoms. The van der Waals surface area contributed by atoms with Gasteiger partial charge in [0, 0.05) is 22.7 Å². The topological polar surface area (TPSA) is 109 Å². The number of aryl methyl sites for hydroxylation is 1. The van der Waals surface area contributed by atoms with Crippen LogP contribution in [0.15, 0.2) is 60.3 Å². The van der Waals surface area contributed by atoms with E-state index < -0.39 is 23.8 Å². The Kier molecular flexibility index (Phi) is 4.67. The van der Waals surface area contributed by atoms with Crippen LogP contribution in [-0.4, -0.2) is 33.5 Å². The number of barbiturate groups is 1. The normalized spacial score (nSPS) is 15.7. The van der Waals surface area contributed by atoms with Gasteiger partial charge in [0.25, 0.3) is 11.8 Å². The number of carboxylic acids is 1. The first-order chi connectivity index (χ1) is 14.3. The molecule has 2 aromatic carbocycles. The van der Waals surface area contributed by atoms with Crippen molar-refractivity contribution < 1.29 is 24.3 Å². The number of para-hydroxylation sites is 1. The summed E-state index contributed by atoms with van der Waals surface area (Å²) in [5.41, 5.74) is 2.25. The lowest BCUT2D eigenvalue weighted by Crippen LogP contribution is -2.54. The number of fused-ring (bicyclic) bond motifs is 1. The molecular weight excluding hydrogens is 386 g/mol. The fourth-order valence-corrected chi connectivity index (χ4v) is 3.41. The number of carbonyl (C=O) groups is 4. The van der Waals surface area contributed by atoms with Crippen molar-refractivity contribution in [2.75, 3.05) is 4.90 Å². The van der Waals surface area contributed by atoms with Crippen LogP contribution >= 0.6 is 0 Å². The van der Waals surface area contributed by atoms with E-state index in [0.717, 1.165) is 10.5 Å². The molecule has 3 aromatic rings. The highest BCUT2D eigenvalue weighted by atomic mass is 16.4. The lowest BCUT2D eigenvalue weighted by molar-refractivity contribution is -0.137. The number of hydrogen-bond acceptors (Lipinski definition) is 4. The zero-order valence-electron chi connectivity index (χ0n) is 16.0. The quantitative estimate of drug-likeness (QED) is 0.514. The first-order valence-electron chi connectivity index (χ1n) is 9.13. The zero-order valence-corrected chi connectivity index (χ0v) is 16.0. The van der Waals surface area contributed by atoms with E-state index in [-0.39, 0.29) is 12.1 Å². The highest BCUT2D eigenvalue weighted by Gasteiger charge is 2.37. The molecular formula is C22H17N3O5. The Balaban J connectivity index is 1.80. The van der Waals surface area contributed by atoms with E-state index in [0.29, 0.717) is 22.2 Å². The van der Waals surface area contributed by atoms with Gasteiger partial charge in [-0.2, -0.15) is 0 Å². The highest BCUT2D eigenvalue weighted by Crippen LogP contribution is 2.26. The minimum Gasteiger partial charge on any atom is -0.480 e. The second-order valence-corrected chi connectivity index (χ2v) is 6.92. The largest absolute Gasteiger partial charge is 0.480 e. The van der Waals surface area contributed by atoms with Gasteiger partial charge in [-0.1, -0.05) is 35.9 Å². The fraction of sp³-hybridized carbons (Fsp3) is 0.0909. The molecule has 4 rings (SSSR count). The first-order valence-corrected chi connectivity index (χ1v) is 9.13. The number of aliphatic carboxylic acids is 1. The minimum absolute atomic E-state index is 0.214. The van der Waals surface area contributed by atoms with Gasteiger partial charge in [-0.05, 0) is 31.2 Å². The van der Waals surface area contributed by atoms with Gasteiger partial charge in [0.05, 0.1) is 5.69 Å². The Hall–Kier alpha value is -4.20. The first kappa shape index (κ1) is 19.1. The maximum Gasteiger partial charge on any atom is 0.335 e. The zero-order chi connectivity index (χ0) is 21.4. The maximum absolute atomic E-state index is 13.0. The van der Waals surface area contributed by atoms with E-state index in [1.165, 1.54) is 10.6 Å². The van der Waals surface area contributed by atoms with Gasteiger partial charge in [-0.15, -0.1) is 0 Å². The smallest absolute Gasteiger partial charge is 0.335 e. The summed E-state index contributed by atoms with van der Waals surface area (Å²) in [5.74, 6) is -2.57. The van der Waals surface area contributed by atoms with E-state index in [9.17, 15) is 19.2 Å². The third-order valence-electron chi connectivity index (χ3n) is 4.82. The van der Waals surface area contributed by atoms with Gasteiger partial charge >= 0.3 is 12.0 Å². The van der Waals surface area contributed by atoms with Crippen LogP contribution in [-0.2, 0) is 20.9 Å². The van der Waals surface area contributed by atoms with Crippen LogP contribution in [0.2, 0.25) is 0 Å². The second-order valence-electron chi connectivity index (χ2n) is 6.92. The van der Waals surface area contributed by atoms with E-state index in [1.807, 2.05) is 6.92 Å². The number of nitrogens with zero attached hydrogens (tertiary/aromatic N) is 2. The standard InChI is InChI=1S/C22H17N3O5/c1-13-6-8-15(9-7-13)25-21(29)17(20(28)23-22(25)30)10-14-11-24(12-19(26)27)18-5-3-2-4-16(14)18/h2-11H,12H2,1H3,(H,26,27)(H,23,28,30). The van der Waals surface area contributed by atoms with Crippen LogP contribution in [0, 0.1) is 6.92 Å². The van der Waals surface area contributed by atoms with Crippen molar-refractivity contribution in [1.82, 2.24) is 9.88 Å². The highest BCUT2D eigenvalue weighted by molar-refractivity contribution is 6.39. The number of anilines is 1. The summed E-state index contributed by atoms with van der Waals surface area (Å²) in [6.45, 7) is 1.61. The maximum atomic E-state index is 13.0. The number of amides is 4. The number of benzene rings is 2. The third kappa shape index (κ3) is 3.35. The molecule has 2 heterocycles. The molecule has 1 aliphatic rings. The van der Waals surface area contributed by atoms with Crippen molar-refractivity contribution >= 4 is 46.5 Å². The Morgan fingerprint density at radius 2 is 1.77 bits per heavy atom. The number of urea groups is 1. The summed E-state index contributed by atoms with van der Waals surface area (Å²) in [6.07, 6.45) is 2.95. The van der Waals surface area contributed by atoms with E-state index in [2.05, 4.69) is 5.32 Å². The Morgan fingerprint density at radius 3 is 2.47 bits per heavy atom. The van der Waals surface area contributed by atoms with Gasteiger partial charge < -0.3 is 9.67 Å². The number of aromatic nitrogens is 1. The average molecular weight is 403 g/mol. The summed E-state index contributed by atoms with van der Waals surface area (Å²) in [7, 11) is 0. The molecule has 0 unspecified atom stereocenters. The van der Waals surface area contributed by atoms with Crippen LogP contribution in [0.5, 0.6) is 0 Å². The van der Waals surface area contributed by atoms with Crippen LogP contribution in [0.3, 0.4) is 0 Å². The van der Waals surface area contributed by atoms with Crippen LogP contribution in [0.4, 0.5) is 10.5 Å². The number of hydrogen-bond donors (Lipinski definition) is 2. The van der Waals surface area contributed by atoms with Crippen molar-refractivity contribution in [3.63, 3.8) is 0 Å². The Morgan fingerprint density at radius 1 is 1.07 bits per heavy atom. The molecule has 0 aliphatic carbocycles. The summed E-state index contributed by atoms with van der Waals surface area (Å²) in [5, 5.41) is 12.0. The molecule has 2 N–H and O–H groups in total. The molecule has 1 aliphatic heterocycles. The predicted molar refractivity (Wildman–Crippen MR) is 110 cm³/mol. The molecule has 150 valence electrons. The average Bonchev–Trinajstić information content (AvgIpc) is 3.03. The van der Waals surface area contributed by atoms with E-state index in [1.54, 1.807) is 54.7 Å². The third-order valence-corrected chi connectivity index (χ3v) is 4.82. The Labute approximate surface area is 171 Å². The van der Waals surface area contributed by atoms with Gasteiger partial charge in [0.15, 0.2) is 0 Å². The summed E-state index contributed by atoms with van der Waals surface area (Å²) in [6, 6.07) is 13.0. The second kappa shape index (κ2) is 7.32. The lowest BCUT2D eigenvalue weighted by Gasteiger charge is -2.26. The number of carbonyl (C=O) groups excluding carboxylic acids is 3. The monoisotopic (exact) mass is 403 g/mol. The molecule has 0 radical (unpaired) electrons. The van der Waals surface area contributed by atoms with Gasteiger partial charge in [-0.25, -0.2) is 9.69 Å². The van der Waals surface area contributed by atoms with Crippen molar-refractivity contribution in [2.24, 2.45) is 0 Å². The molecule has 0 atom stereocenters. The SMILES string of the molecule is Cc1ccc(N2C(=O)NC(=O)C(=Cc3cn(CC(=O)O)c4ccccc34)C2=O)cc1. The predicted octanol–water partition coefficient (Wildman–Crippen LogP) is 2.70. The molecule has 30 heavy (non-hydrogen) atoms. The number of nitrogens with one attached hydrogen (secondary N) is 1.